The number of nitrogens with zero attached hydrogens (tertiary/aromatic N) is 1. The van der Waals surface area contributed by atoms with Crippen molar-refractivity contribution < 1.29 is 31.4 Å². The van der Waals surface area contributed by atoms with Crippen LogP contribution in [0.4, 0.5) is 13.2 Å². The quantitative estimate of drug-likeness (QED) is 0.887. The Morgan fingerprint density at radius 3 is 2.21 bits per heavy atom. The van der Waals surface area contributed by atoms with Gasteiger partial charge >= 0.3 is 6.18 Å². The van der Waals surface area contributed by atoms with Crippen LogP contribution in [0.15, 0.2) is 35.2 Å². The van der Waals surface area contributed by atoms with Crippen molar-refractivity contribution in [3.05, 3.63) is 35.9 Å². The third-order valence-corrected chi connectivity index (χ3v) is 5.58. The zero-order chi connectivity index (χ0) is 18.0. The topological polar surface area (TPSA) is 66.8 Å². The van der Waals surface area contributed by atoms with Gasteiger partial charge in [0.25, 0.3) is 0 Å². The number of alkyl halides is 3. The van der Waals surface area contributed by atoms with Crippen molar-refractivity contribution in [1.82, 2.24) is 4.31 Å². The Morgan fingerprint density at radius 2 is 1.71 bits per heavy atom. The van der Waals surface area contributed by atoms with E-state index < -0.39 is 21.8 Å². The number of morpholine rings is 1. The number of hydrogen-bond donors (Lipinski definition) is 1. The fraction of sp³-hybridized carbons (Fsp3) is 0.467. The first kappa shape index (κ1) is 18.9. The van der Waals surface area contributed by atoms with Gasteiger partial charge in [-0.3, -0.25) is 0 Å². The van der Waals surface area contributed by atoms with Gasteiger partial charge in [0.1, 0.15) is 0 Å². The van der Waals surface area contributed by atoms with E-state index in [-0.39, 0.29) is 18.0 Å². The number of rotatable bonds is 4. The highest BCUT2D eigenvalue weighted by molar-refractivity contribution is 7.89. The van der Waals surface area contributed by atoms with Gasteiger partial charge in [0.2, 0.25) is 10.0 Å². The van der Waals surface area contributed by atoms with Gasteiger partial charge in [0.15, 0.2) is 5.60 Å². The Hall–Kier alpha value is -1.42. The molecule has 9 heteroatoms. The molecule has 1 aliphatic heterocycles. The van der Waals surface area contributed by atoms with E-state index in [1.807, 2.05) is 0 Å². The third kappa shape index (κ3) is 4.15. The number of sulfonamides is 1. The number of hydrogen-bond acceptors (Lipinski definition) is 4. The first-order chi connectivity index (χ1) is 11.0. The molecule has 24 heavy (non-hydrogen) atoms. The zero-order valence-corrected chi connectivity index (χ0v) is 13.8. The summed E-state index contributed by atoms with van der Waals surface area (Å²) in [5.74, 6) is 0. The van der Waals surface area contributed by atoms with Gasteiger partial charge < -0.3 is 9.84 Å². The van der Waals surface area contributed by atoms with Crippen LogP contribution in [0.2, 0.25) is 0 Å². The summed E-state index contributed by atoms with van der Waals surface area (Å²) in [6.07, 6.45) is -3.07. The number of ether oxygens (including phenoxy) is 1. The molecule has 0 aromatic heterocycles. The van der Waals surface area contributed by atoms with E-state index in [0.717, 1.165) is 6.08 Å². The highest BCUT2D eigenvalue weighted by atomic mass is 32.2. The van der Waals surface area contributed by atoms with E-state index >= 15 is 0 Å². The summed E-state index contributed by atoms with van der Waals surface area (Å²) >= 11 is 0. The number of halogens is 3. The van der Waals surface area contributed by atoms with Crippen molar-refractivity contribution in [3.8, 4) is 0 Å². The maximum atomic E-state index is 12.6. The minimum absolute atomic E-state index is 0.0594. The molecule has 1 saturated heterocycles. The fourth-order valence-corrected chi connectivity index (χ4v) is 3.45. The van der Waals surface area contributed by atoms with E-state index in [1.165, 1.54) is 28.6 Å². The summed E-state index contributed by atoms with van der Waals surface area (Å²) in [6, 6.07) is 5.42. The molecule has 1 fully saturated rings. The summed E-state index contributed by atoms with van der Waals surface area (Å²) in [6.45, 7) is 1.82. The Balaban J connectivity index is 2.16. The highest BCUT2D eigenvalue weighted by Crippen LogP contribution is 2.31. The van der Waals surface area contributed by atoms with Crippen molar-refractivity contribution in [3.63, 3.8) is 0 Å². The molecule has 1 atom stereocenters. The molecule has 2 rings (SSSR count). The van der Waals surface area contributed by atoms with E-state index in [0.29, 0.717) is 31.8 Å². The molecular formula is C15H18F3NO4S. The molecule has 1 unspecified atom stereocenters. The van der Waals surface area contributed by atoms with Gasteiger partial charge in [-0.25, -0.2) is 8.42 Å². The summed E-state index contributed by atoms with van der Waals surface area (Å²) < 4.78 is 68.9. The largest absolute Gasteiger partial charge is 0.420 e. The lowest BCUT2D eigenvalue weighted by molar-refractivity contribution is -0.232. The molecule has 0 amide bonds. The Bertz CT molecular complexity index is 690. The molecule has 0 radical (unpaired) electrons. The standard InChI is InChI=1S/C15H18F3NO4S/c1-14(20,15(16,17)18)7-6-12-2-4-13(5-3-12)24(21,22)19-8-10-23-11-9-19/h2-7,20H,8-11H2,1H3. The van der Waals surface area contributed by atoms with E-state index in [4.69, 9.17) is 4.74 Å². The predicted octanol–water partition coefficient (Wildman–Crippen LogP) is 2.03. The van der Waals surface area contributed by atoms with Crippen LogP contribution in [0.3, 0.4) is 0 Å². The monoisotopic (exact) mass is 365 g/mol. The lowest BCUT2D eigenvalue weighted by Crippen LogP contribution is -2.40. The predicted molar refractivity (Wildman–Crippen MR) is 81.7 cm³/mol. The van der Waals surface area contributed by atoms with Gasteiger partial charge in [-0.1, -0.05) is 18.2 Å². The van der Waals surface area contributed by atoms with Gasteiger partial charge in [-0.15, -0.1) is 0 Å². The molecule has 1 N–H and O–H groups in total. The Kier molecular flexibility index (Phi) is 5.38. The molecule has 0 aliphatic carbocycles. The summed E-state index contributed by atoms with van der Waals surface area (Å²) in [5, 5.41) is 9.34. The molecule has 5 nitrogen and oxygen atoms in total. The van der Waals surface area contributed by atoms with Crippen molar-refractivity contribution in [2.24, 2.45) is 0 Å². The van der Waals surface area contributed by atoms with Crippen LogP contribution in [0.1, 0.15) is 12.5 Å². The molecule has 1 heterocycles. The van der Waals surface area contributed by atoms with E-state index in [1.54, 1.807) is 0 Å². The van der Waals surface area contributed by atoms with Crippen LogP contribution in [0.5, 0.6) is 0 Å². The van der Waals surface area contributed by atoms with Crippen molar-refractivity contribution in [2.75, 3.05) is 26.3 Å². The lowest BCUT2D eigenvalue weighted by atomic mass is 10.0. The fourth-order valence-electron chi connectivity index (χ4n) is 2.04. The van der Waals surface area contributed by atoms with Gasteiger partial charge in [0.05, 0.1) is 18.1 Å². The molecule has 0 saturated carbocycles. The average molecular weight is 365 g/mol. The molecular weight excluding hydrogens is 347 g/mol. The molecule has 0 spiro atoms. The minimum atomic E-state index is -4.79. The molecule has 1 aliphatic rings. The zero-order valence-electron chi connectivity index (χ0n) is 13.0. The van der Waals surface area contributed by atoms with Gasteiger partial charge in [-0.2, -0.15) is 17.5 Å². The van der Waals surface area contributed by atoms with Crippen LogP contribution in [0.25, 0.3) is 6.08 Å². The van der Waals surface area contributed by atoms with Crippen LogP contribution in [-0.4, -0.2) is 55.9 Å². The smallest absolute Gasteiger partial charge is 0.379 e. The van der Waals surface area contributed by atoms with Gasteiger partial charge in [-0.05, 0) is 30.7 Å². The molecule has 1 aromatic rings. The van der Waals surface area contributed by atoms with Crippen molar-refractivity contribution in [2.45, 2.75) is 23.6 Å². The summed E-state index contributed by atoms with van der Waals surface area (Å²) in [4.78, 5) is 0.0594. The van der Waals surface area contributed by atoms with Crippen LogP contribution in [-0.2, 0) is 14.8 Å². The van der Waals surface area contributed by atoms with Crippen LogP contribution >= 0.6 is 0 Å². The lowest BCUT2D eigenvalue weighted by Gasteiger charge is -2.26. The second kappa shape index (κ2) is 6.83. The van der Waals surface area contributed by atoms with Crippen LogP contribution in [0, 0.1) is 0 Å². The van der Waals surface area contributed by atoms with E-state index in [2.05, 4.69) is 0 Å². The molecule has 134 valence electrons. The number of benzene rings is 1. The number of aliphatic hydroxyl groups is 1. The Labute approximate surface area is 138 Å². The SMILES string of the molecule is CC(O)(C=Cc1ccc(S(=O)(=O)N2CCOCC2)cc1)C(F)(F)F. The Morgan fingerprint density at radius 1 is 1.17 bits per heavy atom. The summed E-state index contributed by atoms with van der Waals surface area (Å²) in [5.41, 5.74) is -2.61. The third-order valence-electron chi connectivity index (χ3n) is 3.66. The minimum Gasteiger partial charge on any atom is -0.379 e. The first-order valence-electron chi connectivity index (χ1n) is 7.20. The second-order valence-corrected chi connectivity index (χ2v) is 7.50. The normalized spacial score (nSPS) is 20.2. The van der Waals surface area contributed by atoms with Crippen molar-refractivity contribution in [1.29, 1.82) is 0 Å². The first-order valence-corrected chi connectivity index (χ1v) is 8.64. The average Bonchev–Trinajstić information content (AvgIpc) is 2.53. The van der Waals surface area contributed by atoms with E-state index in [9.17, 15) is 26.7 Å². The van der Waals surface area contributed by atoms with Gasteiger partial charge in [0, 0.05) is 13.1 Å². The summed E-state index contributed by atoms with van der Waals surface area (Å²) in [7, 11) is -3.65. The molecule has 1 aromatic carbocycles. The highest BCUT2D eigenvalue weighted by Gasteiger charge is 2.47. The van der Waals surface area contributed by atoms with Crippen LogP contribution < -0.4 is 0 Å². The maximum Gasteiger partial charge on any atom is 0.420 e. The molecule has 0 bridgehead atoms. The maximum absolute atomic E-state index is 12.6. The van der Waals surface area contributed by atoms with Crippen molar-refractivity contribution >= 4 is 16.1 Å². The second-order valence-electron chi connectivity index (χ2n) is 5.56.